The van der Waals surface area contributed by atoms with E-state index in [2.05, 4.69) is 0 Å². The first-order valence-corrected chi connectivity index (χ1v) is 7.44. The summed E-state index contributed by atoms with van der Waals surface area (Å²) in [6.45, 7) is 0.778. The van der Waals surface area contributed by atoms with Gasteiger partial charge in [-0.1, -0.05) is 60.7 Å². The summed E-state index contributed by atoms with van der Waals surface area (Å²) in [6, 6.07) is 23.9. The summed E-state index contributed by atoms with van der Waals surface area (Å²) in [4.78, 5) is 0. The number of benzene rings is 3. The van der Waals surface area contributed by atoms with E-state index in [1.807, 2.05) is 60.7 Å². The molecule has 0 bridgehead atoms. The first kappa shape index (κ1) is 15.1. The Morgan fingerprint density at radius 1 is 0.609 bits per heavy atom. The number of rotatable bonds is 6. The molecule has 3 aromatic rings. The van der Waals surface area contributed by atoms with Gasteiger partial charge in [-0.05, 0) is 23.3 Å². The van der Waals surface area contributed by atoms with Crippen LogP contribution in [0, 0.1) is 5.82 Å². The van der Waals surface area contributed by atoms with Gasteiger partial charge in [-0.2, -0.15) is 0 Å². The summed E-state index contributed by atoms with van der Waals surface area (Å²) in [5, 5.41) is 0. The second-order valence-electron chi connectivity index (χ2n) is 5.14. The highest BCUT2D eigenvalue weighted by Crippen LogP contribution is 2.29. The molecule has 0 aromatic heterocycles. The van der Waals surface area contributed by atoms with E-state index >= 15 is 0 Å². The molecule has 0 aliphatic carbocycles. The van der Waals surface area contributed by atoms with Crippen LogP contribution in [0.2, 0.25) is 0 Å². The molecule has 0 atom stereocenters. The molecule has 3 aromatic carbocycles. The Morgan fingerprint density at radius 2 is 1.13 bits per heavy atom. The molecule has 3 rings (SSSR count). The molecule has 23 heavy (non-hydrogen) atoms. The zero-order valence-electron chi connectivity index (χ0n) is 12.6. The quantitative estimate of drug-likeness (QED) is 0.639. The van der Waals surface area contributed by atoms with Crippen molar-refractivity contribution in [1.29, 1.82) is 0 Å². The van der Waals surface area contributed by atoms with E-state index in [4.69, 9.17) is 9.47 Å². The maximum Gasteiger partial charge on any atom is 0.164 e. The van der Waals surface area contributed by atoms with Crippen LogP contribution in [0.5, 0.6) is 11.5 Å². The highest BCUT2D eigenvalue weighted by atomic mass is 19.1. The predicted octanol–water partition coefficient (Wildman–Crippen LogP) is 4.98. The van der Waals surface area contributed by atoms with Crippen LogP contribution in [0.3, 0.4) is 0 Å². The van der Waals surface area contributed by atoms with E-state index in [1.165, 1.54) is 12.1 Å². The van der Waals surface area contributed by atoms with Crippen LogP contribution in [0.4, 0.5) is 4.39 Å². The van der Waals surface area contributed by atoms with Gasteiger partial charge in [0.05, 0.1) is 0 Å². The third kappa shape index (κ3) is 4.33. The van der Waals surface area contributed by atoms with Crippen molar-refractivity contribution in [2.75, 3.05) is 0 Å². The van der Waals surface area contributed by atoms with E-state index in [9.17, 15) is 4.39 Å². The van der Waals surface area contributed by atoms with Gasteiger partial charge >= 0.3 is 0 Å². The van der Waals surface area contributed by atoms with Crippen molar-refractivity contribution in [2.45, 2.75) is 13.2 Å². The largest absolute Gasteiger partial charge is 0.485 e. The van der Waals surface area contributed by atoms with Gasteiger partial charge in [-0.3, -0.25) is 0 Å². The van der Waals surface area contributed by atoms with Gasteiger partial charge in [0.15, 0.2) is 11.5 Å². The lowest BCUT2D eigenvalue weighted by atomic mass is 10.2. The molecule has 2 nitrogen and oxygen atoms in total. The van der Waals surface area contributed by atoms with Gasteiger partial charge in [0.1, 0.15) is 19.0 Å². The van der Waals surface area contributed by atoms with Crippen LogP contribution in [0.15, 0.2) is 78.9 Å². The Balaban J connectivity index is 1.70. The third-order valence-electron chi connectivity index (χ3n) is 3.38. The Kier molecular flexibility index (Phi) is 4.89. The van der Waals surface area contributed by atoms with Gasteiger partial charge in [-0.15, -0.1) is 0 Å². The van der Waals surface area contributed by atoms with E-state index in [0.29, 0.717) is 24.7 Å². The highest BCUT2D eigenvalue weighted by Gasteiger charge is 2.08. The van der Waals surface area contributed by atoms with Crippen LogP contribution in [-0.2, 0) is 13.2 Å². The molecule has 0 aliphatic rings. The lowest BCUT2D eigenvalue weighted by Gasteiger charge is -2.13. The second kappa shape index (κ2) is 7.45. The first-order valence-electron chi connectivity index (χ1n) is 7.44. The maximum absolute atomic E-state index is 13.5. The monoisotopic (exact) mass is 308 g/mol. The number of hydrogen-bond acceptors (Lipinski definition) is 2. The summed E-state index contributed by atoms with van der Waals surface area (Å²) < 4.78 is 25.0. The van der Waals surface area contributed by atoms with Crippen LogP contribution in [-0.4, -0.2) is 0 Å². The predicted molar refractivity (Wildman–Crippen MR) is 87.9 cm³/mol. The highest BCUT2D eigenvalue weighted by molar-refractivity contribution is 5.40. The lowest BCUT2D eigenvalue weighted by Crippen LogP contribution is -2.01. The molecule has 0 fully saturated rings. The third-order valence-corrected chi connectivity index (χ3v) is 3.38. The molecule has 0 radical (unpaired) electrons. The Hall–Kier alpha value is -2.81. The standard InChI is InChI=1S/C20H17FO2/c21-18-11-12-19(22-14-16-7-3-1-4-8-16)20(13-18)23-15-17-9-5-2-6-10-17/h1-13H,14-15H2. The van der Waals surface area contributed by atoms with Gasteiger partial charge in [0.25, 0.3) is 0 Å². The molecule has 0 unspecified atom stereocenters. The fourth-order valence-electron chi connectivity index (χ4n) is 2.18. The molecule has 0 saturated carbocycles. The van der Waals surface area contributed by atoms with Crippen LogP contribution >= 0.6 is 0 Å². The second-order valence-corrected chi connectivity index (χ2v) is 5.14. The zero-order valence-corrected chi connectivity index (χ0v) is 12.6. The molecule has 0 amide bonds. The summed E-state index contributed by atoms with van der Waals surface area (Å²) in [7, 11) is 0. The fraction of sp³-hybridized carbons (Fsp3) is 0.100. The Labute approximate surface area is 135 Å². The molecule has 0 N–H and O–H groups in total. The van der Waals surface area contributed by atoms with Crippen molar-refractivity contribution >= 4 is 0 Å². The van der Waals surface area contributed by atoms with E-state index in [-0.39, 0.29) is 5.82 Å². The number of halogens is 1. The topological polar surface area (TPSA) is 18.5 Å². The average Bonchev–Trinajstić information content (AvgIpc) is 2.61. The zero-order chi connectivity index (χ0) is 15.9. The molecule has 0 saturated heterocycles. The van der Waals surface area contributed by atoms with E-state index in [0.717, 1.165) is 11.1 Å². The fourth-order valence-corrected chi connectivity index (χ4v) is 2.18. The first-order chi connectivity index (χ1) is 11.3. The van der Waals surface area contributed by atoms with Crippen molar-refractivity contribution in [3.63, 3.8) is 0 Å². The Bertz CT molecular complexity index is 742. The van der Waals surface area contributed by atoms with Crippen LogP contribution < -0.4 is 9.47 Å². The van der Waals surface area contributed by atoms with Gasteiger partial charge < -0.3 is 9.47 Å². The minimum atomic E-state index is -0.347. The normalized spacial score (nSPS) is 10.3. The maximum atomic E-state index is 13.5. The summed E-state index contributed by atoms with van der Waals surface area (Å²) in [6.07, 6.45) is 0. The molecule has 0 spiro atoms. The number of ether oxygens (including phenoxy) is 2. The molecular formula is C20H17FO2. The van der Waals surface area contributed by atoms with Gasteiger partial charge in [-0.25, -0.2) is 4.39 Å². The van der Waals surface area contributed by atoms with Gasteiger partial charge in [0.2, 0.25) is 0 Å². The summed E-state index contributed by atoms with van der Waals surface area (Å²) in [5.74, 6) is 0.594. The summed E-state index contributed by atoms with van der Waals surface area (Å²) in [5.41, 5.74) is 2.07. The van der Waals surface area contributed by atoms with E-state index < -0.39 is 0 Å². The smallest absolute Gasteiger partial charge is 0.164 e. The summed E-state index contributed by atoms with van der Waals surface area (Å²) >= 11 is 0. The molecular weight excluding hydrogens is 291 g/mol. The molecule has 0 aliphatic heterocycles. The lowest BCUT2D eigenvalue weighted by molar-refractivity contribution is 0.254. The molecule has 0 heterocycles. The van der Waals surface area contributed by atoms with Crippen molar-refractivity contribution in [1.82, 2.24) is 0 Å². The van der Waals surface area contributed by atoms with Crippen molar-refractivity contribution in [3.8, 4) is 11.5 Å². The van der Waals surface area contributed by atoms with Crippen molar-refractivity contribution < 1.29 is 13.9 Å². The molecule has 3 heteroatoms. The Morgan fingerprint density at radius 3 is 1.70 bits per heavy atom. The number of hydrogen-bond donors (Lipinski definition) is 0. The SMILES string of the molecule is Fc1ccc(OCc2ccccc2)c(OCc2ccccc2)c1. The van der Waals surface area contributed by atoms with Crippen molar-refractivity contribution in [2.24, 2.45) is 0 Å². The van der Waals surface area contributed by atoms with Gasteiger partial charge in [0, 0.05) is 6.07 Å². The van der Waals surface area contributed by atoms with Crippen LogP contribution in [0.1, 0.15) is 11.1 Å². The minimum absolute atomic E-state index is 0.347. The van der Waals surface area contributed by atoms with E-state index in [1.54, 1.807) is 6.07 Å². The minimum Gasteiger partial charge on any atom is -0.485 e. The van der Waals surface area contributed by atoms with Crippen LogP contribution in [0.25, 0.3) is 0 Å². The van der Waals surface area contributed by atoms with Crippen molar-refractivity contribution in [3.05, 3.63) is 95.8 Å². The average molecular weight is 308 g/mol. The molecule has 116 valence electrons.